The Bertz CT molecular complexity index is 279. The Morgan fingerprint density at radius 1 is 1.06 bits per heavy atom. The number of aliphatic hydroxyl groups is 2. The number of rotatable bonds is 8. The number of hydrogen-bond acceptors (Lipinski definition) is 6. The highest BCUT2D eigenvalue weighted by Gasteiger charge is 2.26. The second-order valence-corrected chi connectivity index (χ2v) is 3.49. The van der Waals surface area contributed by atoms with Crippen LogP contribution in [0.15, 0.2) is 0 Å². The fourth-order valence-corrected chi connectivity index (χ4v) is 1.28. The van der Waals surface area contributed by atoms with Gasteiger partial charge in [0.25, 0.3) is 0 Å². The minimum absolute atomic E-state index is 0.0661. The van der Waals surface area contributed by atoms with Crippen LogP contribution in [0.1, 0.15) is 6.42 Å². The zero-order valence-corrected chi connectivity index (χ0v) is 10.1. The van der Waals surface area contributed by atoms with Crippen LogP contribution < -0.4 is 5.73 Å². The molecular formula is C10H19N3O5. The molecule has 0 saturated heterocycles. The lowest BCUT2D eigenvalue weighted by atomic mass is 10.3. The standard InChI is InChI=1S/C10H19N3O5/c11-2-1-3-13(8-16)10(18)9(17)12(4-6-14)5-7-15/h8,14-15H,1-7,11H2. The van der Waals surface area contributed by atoms with E-state index in [0.717, 1.165) is 9.80 Å². The summed E-state index contributed by atoms with van der Waals surface area (Å²) in [4.78, 5) is 35.8. The van der Waals surface area contributed by atoms with Crippen LogP contribution in [-0.4, -0.2) is 77.6 Å². The molecule has 8 nitrogen and oxygen atoms in total. The number of imide groups is 1. The SMILES string of the molecule is NCCCN(C=O)C(=O)C(=O)N(CCO)CCO. The number of nitrogens with two attached hydrogens (primary N) is 1. The van der Waals surface area contributed by atoms with Crippen LogP contribution in [-0.2, 0) is 14.4 Å². The summed E-state index contributed by atoms with van der Waals surface area (Å²) in [7, 11) is 0. The van der Waals surface area contributed by atoms with Gasteiger partial charge in [-0.1, -0.05) is 0 Å². The van der Waals surface area contributed by atoms with E-state index >= 15 is 0 Å². The van der Waals surface area contributed by atoms with E-state index < -0.39 is 11.8 Å². The van der Waals surface area contributed by atoms with Crippen molar-refractivity contribution in [3.05, 3.63) is 0 Å². The van der Waals surface area contributed by atoms with E-state index in [1.807, 2.05) is 0 Å². The molecule has 0 rings (SSSR count). The van der Waals surface area contributed by atoms with Crippen molar-refractivity contribution in [2.24, 2.45) is 5.73 Å². The highest BCUT2D eigenvalue weighted by molar-refractivity contribution is 6.36. The molecule has 0 saturated carbocycles. The maximum absolute atomic E-state index is 11.7. The molecule has 4 N–H and O–H groups in total. The minimum Gasteiger partial charge on any atom is -0.395 e. The van der Waals surface area contributed by atoms with E-state index in [9.17, 15) is 14.4 Å². The summed E-state index contributed by atoms with van der Waals surface area (Å²) >= 11 is 0. The normalized spacial score (nSPS) is 9.94. The van der Waals surface area contributed by atoms with Gasteiger partial charge in [-0.25, -0.2) is 0 Å². The summed E-state index contributed by atoms with van der Waals surface area (Å²) in [6.07, 6.45) is 0.670. The van der Waals surface area contributed by atoms with Crippen LogP contribution in [0, 0.1) is 0 Å². The molecule has 104 valence electrons. The van der Waals surface area contributed by atoms with Gasteiger partial charge < -0.3 is 20.8 Å². The Kier molecular flexibility index (Phi) is 8.71. The topological polar surface area (TPSA) is 124 Å². The number of hydrogen-bond donors (Lipinski definition) is 3. The Hall–Kier alpha value is -1.51. The van der Waals surface area contributed by atoms with Gasteiger partial charge in [0.1, 0.15) is 0 Å². The van der Waals surface area contributed by atoms with Gasteiger partial charge in [-0.3, -0.25) is 19.3 Å². The Morgan fingerprint density at radius 2 is 1.61 bits per heavy atom. The smallest absolute Gasteiger partial charge is 0.318 e. The average Bonchev–Trinajstić information content (AvgIpc) is 2.38. The summed E-state index contributed by atoms with van der Waals surface area (Å²) in [5.41, 5.74) is 5.25. The predicted octanol–water partition coefficient (Wildman–Crippen LogP) is -2.87. The van der Waals surface area contributed by atoms with E-state index in [1.165, 1.54) is 0 Å². The molecule has 0 aromatic rings. The maximum atomic E-state index is 11.7. The summed E-state index contributed by atoms with van der Waals surface area (Å²) in [6, 6.07) is 0. The molecule has 0 radical (unpaired) electrons. The Labute approximate surface area is 105 Å². The van der Waals surface area contributed by atoms with Crippen molar-refractivity contribution in [3.63, 3.8) is 0 Å². The van der Waals surface area contributed by atoms with Crippen LogP contribution >= 0.6 is 0 Å². The number of carbonyl (C=O) groups excluding carboxylic acids is 3. The van der Waals surface area contributed by atoms with E-state index in [0.29, 0.717) is 13.0 Å². The van der Waals surface area contributed by atoms with E-state index in [2.05, 4.69) is 0 Å². The first-order valence-electron chi connectivity index (χ1n) is 5.59. The molecule has 0 bridgehead atoms. The highest BCUT2D eigenvalue weighted by atomic mass is 16.3. The van der Waals surface area contributed by atoms with Crippen molar-refractivity contribution >= 4 is 18.2 Å². The Balaban J connectivity index is 4.59. The van der Waals surface area contributed by atoms with Crippen LogP contribution in [0.2, 0.25) is 0 Å². The molecule has 0 unspecified atom stereocenters. The lowest BCUT2D eigenvalue weighted by molar-refractivity contribution is -0.154. The van der Waals surface area contributed by atoms with Gasteiger partial charge in [0.15, 0.2) is 0 Å². The second-order valence-electron chi connectivity index (χ2n) is 3.49. The second kappa shape index (κ2) is 9.51. The van der Waals surface area contributed by atoms with E-state index in [-0.39, 0.29) is 39.3 Å². The molecule has 3 amide bonds. The quantitative estimate of drug-likeness (QED) is 0.319. The fraction of sp³-hybridized carbons (Fsp3) is 0.700. The number of amides is 3. The van der Waals surface area contributed by atoms with Gasteiger partial charge in [0, 0.05) is 19.6 Å². The molecule has 8 heteroatoms. The first-order valence-corrected chi connectivity index (χ1v) is 5.59. The third-order valence-corrected chi connectivity index (χ3v) is 2.20. The summed E-state index contributed by atoms with van der Waals surface area (Å²) < 4.78 is 0. The van der Waals surface area contributed by atoms with Crippen molar-refractivity contribution in [1.29, 1.82) is 0 Å². The van der Waals surface area contributed by atoms with Crippen molar-refractivity contribution in [1.82, 2.24) is 9.80 Å². The third kappa shape index (κ3) is 5.21. The molecular weight excluding hydrogens is 242 g/mol. The predicted molar refractivity (Wildman–Crippen MR) is 62.2 cm³/mol. The molecule has 0 atom stereocenters. The van der Waals surface area contributed by atoms with E-state index in [1.54, 1.807) is 0 Å². The Morgan fingerprint density at radius 3 is 2.00 bits per heavy atom. The summed E-state index contributed by atoms with van der Waals surface area (Å²) in [5.74, 6) is -1.91. The molecule has 0 heterocycles. The maximum Gasteiger partial charge on any atom is 0.318 e. The molecule has 18 heavy (non-hydrogen) atoms. The van der Waals surface area contributed by atoms with Crippen LogP contribution in [0.4, 0.5) is 0 Å². The zero-order chi connectivity index (χ0) is 14.0. The largest absolute Gasteiger partial charge is 0.395 e. The third-order valence-electron chi connectivity index (χ3n) is 2.20. The van der Waals surface area contributed by atoms with Crippen molar-refractivity contribution in [2.75, 3.05) is 39.4 Å². The lowest BCUT2D eigenvalue weighted by Gasteiger charge is -2.22. The fourth-order valence-electron chi connectivity index (χ4n) is 1.28. The van der Waals surface area contributed by atoms with Crippen molar-refractivity contribution in [2.45, 2.75) is 6.42 Å². The van der Waals surface area contributed by atoms with Gasteiger partial charge >= 0.3 is 11.8 Å². The van der Waals surface area contributed by atoms with Crippen molar-refractivity contribution < 1.29 is 24.6 Å². The van der Waals surface area contributed by atoms with Crippen molar-refractivity contribution in [3.8, 4) is 0 Å². The highest BCUT2D eigenvalue weighted by Crippen LogP contribution is 1.96. The molecule has 0 aliphatic heterocycles. The minimum atomic E-state index is -0.986. The molecule has 0 aliphatic rings. The number of carbonyl (C=O) groups is 3. The molecule has 0 aliphatic carbocycles. The molecule has 0 aromatic heterocycles. The number of aliphatic hydroxyl groups excluding tert-OH is 2. The van der Waals surface area contributed by atoms with Gasteiger partial charge in [0.05, 0.1) is 13.2 Å². The number of nitrogens with zero attached hydrogens (tertiary/aromatic N) is 2. The first kappa shape index (κ1) is 16.5. The first-order chi connectivity index (χ1) is 8.62. The van der Waals surface area contributed by atoms with Gasteiger partial charge in [-0.15, -0.1) is 0 Å². The summed E-state index contributed by atoms with van der Waals surface area (Å²) in [6.45, 7) is -0.450. The monoisotopic (exact) mass is 261 g/mol. The zero-order valence-electron chi connectivity index (χ0n) is 10.1. The summed E-state index contributed by atoms with van der Waals surface area (Å²) in [5, 5.41) is 17.5. The molecule has 0 fully saturated rings. The van der Waals surface area contributed by atoms with Gasteiger partial charge in [-0.2, -0.15) is 0 Å². The average molecular weight is 261 g/mol. The van der Waals surface area contributed by atoms with Crippen LogP contribution in [0.5, 0.6) is 0 Å². The van der Waals surface area contributed by atoms with Crippen LogP contribution in [0.25, 0.3) is 0 Å². The lowest BCUT2D eigenvalue weighted by Crippen LogP contribution is -2.47. The molecule has 0 aromatic carbocycles. The van der Waals surface area contributed by atoms with Crippen LogP contribution in [0.3, 0.4) is 0 Å². The van der Waals surface area contributed by atoms with E-state index in [4.69, 9.17) is 15.9 Å². The molecule has 0 spiro atoms. The van der Waals surface area contributed by atoms with Gasteiger partial charge in [0.2, 0.25) is 6.41 Å². The van der Waals surface area contributed by atoms with Gasteiger partial charge in [-0.05, 0) is 13.0 Å².